The Morgan fingerprint density at radius 3 is 2.54 bits per heavy atom. The minimum atomic E-state index is -1.22. The predicted molar refractivity (Wildman–Crippen MR) is 86.2 cm³/mol. The number of hydrogen-bond donors (Lipinski definition) is 3. The van der Waals surface area contributed by atoms with Gasteiger partial charge in [0.05, 0.1) is 18.2 Å². The van der Waals surface area contributed by atoms with Crippen molar-refractivity contribution in [2.45, 2.75) is 25.3 Å². The fourth-order valence-electron chi connectivity index (χ4n) is 1.50. The highest BCUT2D eigenvalue weighted by Crippen LogP contribution is 2.14. The summed E-state index contributed by atoms with van der Waals surface area (Å²) >= 11 is 0. The fraction of sp³-hybridized carbons (Fsp3) is 0.467. The van der Waals surface area contributed by atoms with E-state index in [2.05, 4.69) is 16.1 Å². The molecule has 0 bridgehead atoms. The van der Waals surface area contributed by atoms with Gasteiger partial charge < -0.3 is 26.5 Å². The quantitative estimate of drug-likeness (QED) is 0.326. The third kappa shape index (κ3) is 10.2. The molecule has 0 aliphatic rings. The monoisotopic (exact) mass is 339 g/mol. The van der Waals surface area contributed by atoms with E-state index in [-0.39, 0.29) is 5.56 Å². The maximum absolute atomic E-state index is 10.5. The number of aliphatic carboxylic acids is 1. The van der Waals surface area contributed by atoms with Crippen LogP contribution in [0.3, 0.4) is 0 Å². The van der Waals surface area contributed by atoms with Gasteiger partial charge in [-0.25, -0.2) is 0 Å². The lowest BCUT2D eigenvalue weighted by molar-refractivity contribution is -0.368. The molecule has 134 valence electrons. The molecule has 0 aliphatic carbocycles. The van der Waals surface area contributed by atoms with Crippen molar-refractivity contribution in [2.24, 2.45) is 16.1 Å². The number of nitrogens with zero attached hydrogens (tertiary/aromatic N) is 3. The molecule has 1 unspecified atom stereocenters. The molecule has 0 aromatic heterocycles. The van der Waals surface area contributed by atoms with Gasteiger partial charge >= 0.3 is 5.97 Å². The summed E-state index contributed by atoms with van der Waals surface area (Å²) in [7, 11) is 3.46. The Hall–Kier alpha value is -2.52. The molecule has 0 spiro atoms. The Balaban J connectivity index is 0.000000470. The van der Waals surface area contributed by atoms with Gasteiger partial charge in [0.1, 0.15) is 6.04 Å². The van der Waals surface area contributed by atoms with Crippen LogP contribution in [0.4, 0.5) is 5.69 Å². The summed E-state index contributed by atoms with van der Waals surface area (Å²) in [5.41, 5.74) is 9.46. The number of carboxylic acid groups (broad SMARTS) is 2. The van der Waals surface area contributed by atoms with Crippen molar-refractivity contribution in [3.63, 3.8) is 0 Å². The molecule has 1 rings (SSSR count). The number of nitrogens with two attached hydrogens (primary N) is 1. The van der Waals surface area contributed by atoms with E-state index in [0.29, 0.717) is 12.1 Å². The van der Waals surface area contributed by atoms with Crippen molar-refractivity contribution in [2.75, 3.05) is 20.6 Å². The third-order valence-corrected chi connectivity index (χ3v) is 2.75. The number of rotatable bonds is 8. The summed E-state index contributed by atoms with van der Waals surface area (Å²) in [6, 6.07) is 5.42. The number of carbonyl (C=O) groups excluding carboxylic acids is 1. The Morgan fingerprint density at radius 2 is 2.04 bits per heavy atom. The first-order valence-corrected chi connectivity index (χ1v) is 7.46. The number of quaternary nitrogens is 1. The van der Waals surface area contributed by atoms with E-state index in [1.165, 1.54) is 17.1 Å². The van der Waals surface area contributed by atoms with Gasteiger partial charge in [-0.3, -0.25) is 9.80 Å². The number of carbonyl (C=O) groups is 2. The van der Waals surface area contributed by atoms with Crippen LogP contribution in [0, 0.1) is 0 Å². The highest BCUT2D eigenvalue weighted by molar-refractivity contribution is 5.86. The first-order valence-electron chi connectivity index (χ1n) is 7.46. The van der Waals surface area contributed by atoms with E-state index in [4.69, 9.17) is 10.8 Å². The van der Waals surface area contributed by atoms with Crippen LogP contribution in [0.25, 0.3) is 0 Å². The third-order valence-electron chi connectivity index (χ3n) is 2.75. The molecule has 24 heavy (non-hydrogen) atoms. The van der Waals surface area contributed by atoms with Crippen LogP contribution in [0.2, 0.25) is 0 Å². The summed E-state index contributed by atoms with van der Waals surface area (Å²) in [4.78, 5) is 20.7. The molecule has 0 aliphatic heterocycles. The largest absolute Gasteiger partial charge is 0.545 e. The predicted octanol–water partition coefficient (Wildman–Crippen LogP) is -0.579. The van der Waals surface area contributed by atoms with Gasteiger partial charge in [0.25, 0.3) is 0 Å². The van der Waals surface area contributed by atoms with Crippen molar-refractivity contribution < 1.29 is 25.5 Å². The first kappa shape index (κ1) is 21.5. The summed E-state index contributed by atoms with van der Waals surface area (Å²) in [6.07, 6.45) is 2.38. The summed E-state index contributed by atoms with van der Waals surface area (Å²) in [5.74, 6) is -2.13. The van der Waals surface area contributed by atoms with Crippen LogP contribution in [0.1, 0.15) is 29.6 Å². The number of aromatic carboxylic acids is 1. The zero-order valence-corrected chi connectivity index (χ0v) is 14.0. The number of carboxylic acids is 2. The molecule has 1 aromatic carbocycles. The molecule has 0 saturated heterocycles. The number of unbranched alkanes of at least 4 members (excludes halogenated alkanes) is 1. The van der Waals surface area contributed by atoms with Gasteiger partial charge in [-0.05, 0) is 37.0 Å². The van der Waals surface area contributed by atoms with Crippen LogP contribution in [-0.4, -0.2) is 48.7 Å². The highest BCUT2D eigenvalue weighted by atomic mass is 16.4. The topological polar surface area (TPSA) is 159 Å². The minimum Gasteiger partial charge on any atom is -0.545 e. The first-order chi connectivity index (χ1) is 11.3. The maximum atomic E-state index is 10.5. The van der Waals surface area contributed by atoms with Gasteiger partial charge in [-0.2, -0.15) is 0 Å². The molecule has 0 fully saturated rings. The Morgan fingerprint density at radius 1 is 1.38 bits per heavy atom. The average molecular weight is 339 g/mol. The number of benzene rings is 1. The molecule has 0 saturated carbocycles. The van der Waals surface area contributed by atoms with Crippen molar-refractivity contribution in [1.29, 1.82) is 0 Å². The van der Waals surface area contributed by atoms with Crippen LogP contribution in [-0.2, 0) is 4.79 Å². The average Bonchev–Trinajstić information content (AvgIpc) is 2.53. The van der Waals surface area contributed by atoms with E-state index in [1.807, 2.05) is 0 Å². The SMILES string of the molecule is CN(C)N=Nc1cccc(C(=O)[O-])c1.NC(CCCC[NH3+])C(=O)O. The normalized spacial score (nSPS) is 11.5. The van der Waals surface area contributed by atoms with E-state index in [1.54, 1.807) is 26.2 Å². The van der Waals surface area contributed by atoms with Crippen molar-refractivity contribution in [3.05, 3.63) is 29.8 Å². The van der Waals surface area contributed by atoms with Crippen molar-refractivity contribution in [1.82, 2.24) is 5.01 Å². The lowest BCUT2D eigenvalue weighted by Crippen LogP contribution is -2.50. The van der Waals surface area contributed by atoms with Gasteiger partial charge in [-0.1, -0.05) is 17.4 Å². The number of hydrogen-bond acceptors (Lipinski definition) is 6. The van der Waals surface area contributed by atoms with E-state index in [9.17, 15) is 14.7 Å². The molecular formula is C15H25N5O4. The highest BCUT2D eigenvalue weighted by Gasteiger charge is 2.09. The molecule has 1 aromatic rings. The maximum Gasteiger partial charge on any atom is 0.320 e. The molecule has 9 nitrogen and oxygen atoms in total. The molecular weight excluding hydrogens is 314 g/mol. The minimum absolute atomic E-state index is 0.0974. The van der Waals surface area contributed by atoms with Crippen molar-refractivity contribution >= 4 is 17.6 Å². The second-order valence-electron chi connectivity index (χ2n) is 5.17. The zero-order valence-electron chi connectivity index (χ0n) is 14.0. The molecule has 0 radical (unpaired) electrons. The molecule has 9 heteroatoms. The van der Waals surface area contributed by atoms with Gasteiger partial charge in [0, 0.05) is 14.1 Å². The van der Waals surface area contributed by atoms with Gasteiger partial charge in [0.15, 0.2) is 0 Å². The second-order valence-corrected chi connectivity index (χ2v) is 5.17. The standard InChI is InChI=1S/C9H11N3O2.C6H14N2O2/c1-12(2)11-10-8-5-3-4-7(6-8)9(13)14;7-4-2-1-3-5(8)6(9)10/h3-6H,1-2H3,(H,13,14);5H,1-4,7-8H2,(H,9,10). The molecule has 1 atom stereocenters. The van der Waals surface area contributed by atoms with Crippen LogP contribution >= 0.6 is 0 Å². The molecule has 0 heterocycles. The van der Waals surface area contributed by atoms with Gasteiger partial charge in [-0.15, -0.1) is 5.11 Å². The fourth-order valence-corrected chi connectivity index (χ4v) is 1.50. The van der Waals surface area contributed by atoms with Crippen LogP contribution in [0.5, 0.6) is 0 Å². The molecule has 6 N–H and O–H groups in total. The van der Waals surface area contributed by atoms with Crippen molar-refractivity contribution in [3.8, 4) is 0 Å². The summed E-state index contributed by atoms with van der Waals surface area (Å²) < 4.78 is 0. The summed E-state index contributed by atoms with van der Waals surface area (Å²) in [5, 5.41) is 27.9. The Bertz CT molecular complexity index is 548. The van der Waals surface area contributed by atoms with E-state index >= 15 is 0 Å². The Labute approximate surface area is 140 Å². The zero-order chi connectivity index (χ0) is 18.5. The molecule has 0 amide bonds. The second kappa shape index (κ2) is 12.0. The van der Waals surface area contributed by atoms with E-state index in [0.717, 1.165) is 19.4 Å². The van der Waals surface area contributed by atoms with E-state index < -0.39 is 18.0 Å². The van der Waals surface area contributed by atoms with Crippen LogP contribution in [0.15, 0.2) is 34.6 Å². The Kier molecular flexibility index (Phi) is 10.7. The lowest BCUT2D eigenvalue weighted by Gasteiger charge is -2.03. The lowest BCUT2D eigenvalue weighted by atomic mass is 10.1. The summed E-state index contributed by atoms with van der Waals surface area (Å²) in [6.45, 7) is 0.854. The van der Waals surface area contributed by atoms with Gasteiger partial charge in [0.2, 0.25) is 0 Å². The van der Waals surface area contributed by atoms with Crippen LogP contribution < -0.4 is 16.6 Å². The smallest absolute Gasteiger partial charge is 0.320 e.